The number of aryl methyl sites for hydroxylation is 1. The van der Waals surface area contributed by atoms with Crippen molar-refractivity contribution in [3.8, 4) is 0 Å². The van der Waals surface area contributed by atoms with Gasteiger partial charge in [-0.05, 0) is 36.8 Å². The average molecular weight is 303 g/mol. The van der Waals surface area contributed by atoms with Crippen molar-refractivity contribution >= 4 is 23.0 Å². The van der Waals surface area contributed by atoms with Crippen LogP contribution < -0.4 is 10.6 Å². The third-order valence-electron chi connectivity index (χ3n) is 3.10. The van der Waals surface area contributed by atoms with Crippen LogP contribution in [0.1, 0.15) is 15.9 Å². The van der Waals surface area contributed by atoms with E-state index < -0.39 is 16.6 Å². The molecule has 0 saturated heterocycles. The molecule has 0 fully saturated rings. The maximum Gasteiger partial charge on any atom is 0.293 e. The number of nitro benzene ring substituents is 1. The lowest BCUT2D eigenvalue weighted by atomic mass is 10.1. The minimum atomic E-state index is -0.616. The number of carbonyl (C=O) groups is 1. The Morgan fingerprint density at radius 1 is 1.18 bits per heavy atom. The number of rotatable bonds is 4. The molecular weight excluding hydrogens is 289 g/mol. The molecule has 0 bridgehead atoms. The summed E-state index contributed by atoms with van der Waals surface area (Å²) < 4.78 is 13.6. The number of halogens is 1. The maximum atomic E-state index is 13.6. The zero-order valence-electron chi connectivity index (χ0n) is 12.0. The van der Waals surface area contributed by atoms with Crippen molar-refractivity contribution in [3.63, 3.8) is 0 Å². The van der Waals surface area contributed by atoms with E-state index in [1.807, 2.05) is 0 Å². The zero-order chi connectivity index (χ0) is 16.3. The van der Waals surface area contributed by atoms with E-state index >= 15 is 0 Å². The molecule has 114 valence electrons. The molecule has 0 atom stereocenters. The summed E-state index contributed by atoms with van der Waals surface area (Å²) in [5.74, 6) is -1.18. The molecule has 0 aliphatic rings. The number of hydrogen-bond donors (Lipinski definition) is 2. The van der Waals surface area contributed by atoms with E-state index in [1.165, 1.54) is 24.3 Å². The molecular formula is C15H14FN3O3. The predicted octanol–water partition coefficient (Wildman–Crippen LogP) is 3.34. The van der Waals surface area contributed by atoms with Gasteiger partial charge in [-0.2, -0.15) is 0 Å². The molecule has 22 heavy (non-hydrogen) atoms. The van der Waals surface area contributed by atoms with Crippen LogP contribution in [0, 0.1) is 22.9 Å². The first kappa shape index (κ1) is 15.4. The number of anilines is 2. The molecule has 0 saturated carbocycles. The molecule has 2 aromatic rings. The van der Waals surface area contributed by atoms with Gasteiger partial charge in [0.05, 0.1) is 10.6 Å². The molecule has 6 nitrogen and oxygen atoms in total. The summed E-state index contributed by atoms with van der Waals surface area (Å²) in [5, 5.41) is 16.1. The number of amides is 1. The number of carbonyl (C=O) groups excluding carboxylic acids is 1. The molecule has 2 rings (SSSR count). The summed E-state index contributed by atoms with van der Waals surface area (Å²) >= 11 is 0. The first-order valence-electron chi connectivity index (χ1n) is 6.46. The first-order valence-corrected chi connectivity index (χ1v) is 6.46. The monoisotopic (exact) mass is 303 g/mol. The van der Waals surface area contributed by atoms with Gasteiger partial charge in [-0.3, -0.25) is 14.9 Å². The molecule has 0 heterocycles. The Morgan fingerprint density at radius 3 is 2.55 bits per heavy atom. The minimum absolute atomic E-state index is 0.0327. The van der Waals surface area contributed by atoms with E-state index in [0.29, 0.717) is 5.69 Å². The van der Waals surface area contributed by atoms with Crippen LogP contribution in [-0.4, -0.2) is 17.9 Å². The highest BCUT2D eigenvalue weighted by molar-refractivity contribution is 6.05. The first-order chi connectivity index (χ1) is 10.4. The van der Waals surface area contributed by atoms with Crippen LogP contribution in [-0.2, 0) is 0 Å². The quantitative estimate of drug-likeness (QED) is 0.670. The molecule has 7 heteroatoms. The van der Waals surface area contributed by atoms with Crippen LogP contribution in [0.3, 0.4) is 0 Å². The van der Waals surface area contributed by atoms with E-state index in [2.05, 4.69) is 10.6 Å². The molecule has 2 aromatic carbocycles. The van der Waals surface area contributed by atoms with Gasteiger partial charge in [0.2, 0.25) is 0 Å². The lowest BCUT2D eigenvalue weighted by molar-refractivity contribution is -0.384. The Hall–Kier alpha value is -2.96. The summed E-state index contributed by atoms with van der Waals surface area (Å²) in [6.45, 7) is 1.77. The highest BCUT2D eigenvalue weighted by atomic mass is 19.1. The van der Waals surface area contributed by atoms with Gasteiger partial charge in [0, 0.05) is 18.7 Å². The van der Waals surface area contributed by atoms with Gasteiger partial charge in [-0.1, -0.05) is 6.07 Å². The number of hydrogen-bond acceptors (Lipinski definition) is 4. The highest BCUT2D eigenvalue weighted by Gasteiger charge is 2.17. The molecule has 0 spiro atoms. The van der Waals surface area contributed by atoms with Crippen LogP contribution in [0.2, 0.25) is 0 Å². The summed E-state index contributed by atoms with van der Waals surface area (Å²) in [6.07, 6.45) is 0. The summed E-state index contributed by atoms with van der Waals surface area (Å²) in [4.78, 5) is 22.5. The smallest absolute Gasteiger partial charge is 0.293 e. The van der Waals surface area contributed by atoms with E-state index in [9.17, 15) is 19.3 Å². The third kappa shape index (κ3) is 3.20. The van der Waals surface area contributed by atoms with Gasteiger partial charge in [-0.25, -0.2) is 4.39 Å². The molecule has 0 aliphatic carbocycles. The summed E-state index contributed by atoms with van der Waals surface area (Å²) in [6, 6.07) is 8.33. The fourth-order valence-corrected chi connectivity index (χ4v) is 1.96. The fourth-order valence-electron chi connectivity index (χ4n) is 1.96. The maximum absolute atomic E-state index is 13.6. The molecule has 0 unspecified atom stereocenters. The van der Waals surface area contributed by atoms with Crippen LogP contribution in [0.5, 0.6) is 0 Å². The predicted molar refractivity (Wildman–Crippen MR) is 81.7 cm³/mol. The Balaban J connectivity index is 2.32. The number of nitrogens with zero attached hydrogens (tertiary/aromatic N) is 1. The Labute approximate surface area is 126 Å². The second-order valence-electron chi connectivity index (χ2n) is 4.68. The molecule has 1 amide bonds. The van der Waals surface area contributed by atoms with Crippen LogP contribution >= 0.6 is 0 Å². The standard InChI is InChI=1S/C15H14FN3O3/c1-9-3-5-11(16)13(7-9)18-15(20)10-4-6-12(17-2)14(8-10)19(21)22/h3-8,17H,1-2H3,(H,18,20). The van der Waals surface area contributed by atoms with Gasteiger partial charge in [0.25, 0.3) is 11.6 Å². The number of benzene rings is 2. The van der Waals surface area contributed by atoms with E-state index in [1.54, 1.807) is 20.0 Å². The largest absolute Gasteiger partial charge is 0.383 e. The number of nitrogens with one attached hydrogen (secondary N) is 2. The molecule has 0 aliphatic heterocycles. The van der Waals surface area contributed by atoms with Crippen molar-refractivity contribution < 1.29 is 14.1 Å². The van der Waals surface area contributed by atoms with Crippen molar-refractivity contribution in [2.75, 3.05) is 17.7 Å². The van der Waals surface area contributed by atoms with Gasteiger partial charge in [0.15, 0.2) is 0 Å². The van der Waals surface area contributed by atoms with Gasteiger partial charge in [-0.15, -0.1) is 0 Å². The second kappa shape index (κ2) is 6.21. The van der Waals surface area contributed by atoms with Crippen molar-refractivity contribution in [2.45, 2.75) is 6.92 Å². The summed E-state index contributed by atoms with van der Waals surface area (Å²) in [7, 11) is 1.55. The molecule has 0 aromatic heterocycles. The van der Waals surface area contributed by atoms with Gasteiger partial charge >= 0.3 is 0 Å². The molecule has 2 N–H and O–H groups in total. The van der Waals surface area contributed by atoms with Gasteiger partial charge in [0.1, 0.15) is 11.5 Å². The Kier molecular flexibility index (Phi) is 4.36. The normalized spacial score (nSPS) is 10.1. The Morgan fingerprint density at radius 2 is 1.91 bits per heavy atom. The van der Waals surface area contributed by atoms with Crippen molar-refractivity contribution in [1.29, 1.82) is 0 Å². The van der Waals surface area contributed by atoms with E-state index in [-0.39, 0.29) is 16.9 Å². The fraction of sp³-hybridized carbons (Fsp3) is 0.133. The van der Waals surface area contributed by atoms with Gasteiger partial charge < -0.3 is 10.6 Å². The Bertz CT molecular complexity index is 747. The number of nitro groups is 1. The minimum Gasteiger partial charge on any atom is -0.383 e. The molecule has 0 radical (unpaired) electrons. The average Bonchev–Trinajstić information content (AvgIpc) is 2.50. The lowest BCUT2D eigenvalue weighted by Crippen LogP contribution is -2.13. The van der Waals surface area contributed by atoms with Crippen LogP contribution in [0.25, 0.3) is 0 Å². The zero-order valence-corrected chi connectivity index (χ0v) is 12.0. The third-order valence-corrected chi connectivity index (χ3v) is 3.10. The van der Waals surface area contributed by atoms with E-state index in [4.69, 9.17) is 0 Å². The van der Waals surface area contributed by atoms with Crippen molar-refractivity contribution in [2.24, 2.45) is 0 Å². The summed E-state index contributed by atoms with van der Waals surface area (Å²) in [5.41, 5.74) is 0.966. The van der Waals surface area contributed by atoms with Crippen LogP contribution in [0.15, 0.2) is 36.4 Å². The van der Waals surface area contributed by atoms with Crippen LogP contribution in [0.4, 0.5) is 21.5 Å². The SMILES string of the molecule is CNc1ccc(C(=O)Nc2cc(C)ccc2F)cc1[N+](=O)[O-]. The lowest BCUT2D eigenvalue weighted by Gasteiger charge is -2.08. The topological polar surface area (TPSA) is 84.3 Å². The highest BCUT2D eigenvalue weighted by Crippen LogP contribution is 2.25. The van der Waals surface area contributed by atoms with E-state index in [0.717, 1.165) is 11.6 Å². The van der Waals surface area contributed by atoms with Crippen molar-refractivity contribution in [3.05, 3.63) is 63.5 Å². The second-order valence-corrected chi connectivity index (χ2v) is 4.68. The van der Waals surface area contributed by atoms with Crippen molar-refractivity contribution in [1.82, 2.24) is 0 Å².